The number of aromatic nitrogens is 1. The molecule has 1 aliphatic heterocycles. The monoisotopic (exact) mass is 543 g/mol. The summed E-state index contributed by atoms with van der Waals surface area (Å²) in [6, 6.07) is 20.8. The Morgan fingerprint density at radius 3 is 2.55 bits per heavy atom. The predicted octanol–water partition coefficient (Wildman–Crippen LogP) is 5.38. The smallest absolute Gasteiger partial charge is 0.319 e. The fourth-order valence-corrected chi connectivity index (χ4v) is 4.63. The number of rotatable bonds is 9. The Labute approximate surface area is 232 Å². The molecule has 0 aliphatic carbocycles. The Kier molecular flexibility index (Phi) is 8.83. The second-order valence-corrected chi connectivity index (χ2v) is 9.50. The number of anilines is 2. The summed E-state index contributed by atoms with van der Waals surface area (Å²) in [7, 11) is 0. The van der Waals surface area contributed by atoms with Gasteiger partial charge >= 0.3 is 6.03 Å². The predicted molar refractivity (Wildman–Crippen MR) is 153 cm³/mol. The molecule has 0 saturated carbocycles. The third-order valence-electron chi connectivity index (χ3n) is 6.71. The molecule has 1 aliphatic rings. The first-order valence-corrected chi connectivity index (χ1v) is 13.3. The maximum absolute atomic E-state index is 14.3. The highest BCUT2D eigenvalue weighted by Gasteiger charge is 2.15. The number of carbonyl (C=O) groups is 1. The van der Waals surface area contributed by atoms with E-state index >= 15 is 0 Å². The normalized spacial score (nSPS) is 13.1. The largest absolute Gasteiger partial charge is 0.493 e. The molecule has 2 amide bonds. The molecule has 206 valence electrons. The maximum atomic E-state index is 14.3. The van der Waals surface area contributed by atoms with Crippen LogP contribution in [0.5, 0.6) is 5.75 Å². The number of hydrogen-bond donors (Lipinski definition) is 3. The van der Waals surface area contributed by atoms with Gasteiger partial charge in [0.05, 0.1) is 6.61 Å². The molecule has 7 nitrogen and oxygen atoms in total. The van der Waals surface area contributed by atoms with Crippen LogP contribution < -0.4 is 25.6 Å². The lowest BCUT2D eigenvalue weighted by atomic mass is 9.96. The molecule has 3 aromatic carbocycles. The fourth-order valence-electron chi connectivity index (χ4n) is 4.63. The molecular weight excluding hydrogens is 512 g/mol. The lowest BCUT2D eigenvalue weighted by molar-refractivity contribution is 0.251. The van der Waals surface area contributed by atoms with Crippen LogP contribution in [0.3, 0.4) is 0 Å². The van der Waals surface area contributed by atoms with E-state index in [1.54, 1.807) is 36.7 Å². The van der Waals surface area contributed by atoms with Gasteiger partial charge in [0.2, 0.25) is 0 Å². The lowest BCUT2D eigenvalue weighted by Gasteiger charge is -2.29. The topological polar surface area (TPSA) is 78.5 Å². The number of piperazine rings is 1. The molecule has 1 saturated heterocycles. The molecule has 1 aromatic heterocycles. The summed E-state index contributed by atoms with van der Waals surface area (Å²) in [6.45, 7) is 4.25. The fraction of sp³-hybridized carbons (Fsp3) is 0.226. The first kappa shape index (κ1) is 27.1. The molecular formula is C31H31F2N5O2. The van der Waals surface area contributed by atoms with Crippen LogP contribution in [0, 0.1) is 11.6 Å². The van der Waals surface area contributed by atoms with E-state index in [2.05, 4.69) is 25.8 Å². The SMILES string of the molecule is O=C(NCc1cccnc1)Nc1ccc(OCCc2cc(F)c(F)cc2-c2cccc(N3CCNCC3)c2)cc1. The minimum absolute atomic E-state index is 0.272. The molecule has 0 unspecified atom stereocenters. The van der Waals surface area contributed by atoms with Crippen molar-refractivity contribution in [2.45, 2.75) is 13.0 Å². The van der Waals surface area contributed by atoms with Crippen molar-refractivity contribution in [1.29, 1.82) is 0 Å². The van der Waals surface area contributed by atoms with Crippen molar-refractivity contribution in [2.24, 2.45) is 0 Å². The van der Waals surface area contributed by atoms with Crippen LogP contribution in [-0.4, -0.2) is 43.8 Å². The molecule has 0 atom stereocenters. The zero-order chi connectivity index (χ0) is 27.7. The summed E-state index contributed by atoms with van der Waals surface area (Å²) in [5, 5.41) is 8.90. The number of pyridine rings is 1. The van der Waals surface area contributed by atoms with E-state index in [0.717, 1.165) is 43.0 Å². The van der Waals surface area contributed by atoms with Crippen LogP contribution in [0.25, 0.3) is 11.1 Å². The zero-order valence-electron chi connectivity index (χ0n) is 22.0. The van der Waals surface area contributed by atoms with Gasteiger partial charge in [-0.05, 0) is 76.9 Å². The van der Waals surface area contributed by atoms with Crippen molar-refractivity contribution >= 4 is 17.4 Å². The molecule has 0 bridgehead atoms. The Hall–Kier alpha value is -4.50. The van der Waals surface area contributed by atoms with Gasteiger partial charge in [0.15, 0.2) is 11.6 Å². The Bertz CT molecular complexity index is 1430. The van der Waals surface area contributed by atoms with E-state index in [1.807, 2.05) is 36.4 Å². The van der Waals surface area contributed by atoms with Gasteiger partial charge < -0.3 is 25.6 Å². The van der Waals surface area contributed by atoms with E-state index in [0.29, 0.717) is 35.5 Å². The van der Waals surface area contributed by atoms with E-state index in [4.69, 9.17) is 4.74 Å². The molecule has 2 heterocycles. The third-order valence-corrected chi connectivity index (χ3v) is 6.71. The Morgan fingerprint density at radius 1 is 0.975 bits per heavy atom. The van der Waals surface area contributed by atoms with Gasteiger partial charge in [0.1, 0.15) is 5.75 Å². The Morgan fingerprint density at radius 2 is 1.77 bits per heavy atom. The summed E-state index contributed by atoms with van der Waals surface area (Å²) in [6.07, 6.45) is 3.76. The standard InChI is InChI=1S/C31H31F2N5O2/c32-29-18-24(28(19-30(29)33)23-4-1-5-26(17-23)38-14-12-34-13-15-38)10-16-40-27-8-6-25(7-9-27)37-31(39)36-21-22-3-2-11-35-20-22/h1-9,11,17-20,34H,10,12-16,21H2,(H2,36,37,39). The highest BCUT2D eigenvalue weighted by Crippen LogP contribution is 2.30. The van der Waals surface area contributed by atoms with Crippen LogP contribution in [0.15, 0.2) is 85.2 Å². The van der Waals surface area contributed by atoms with Crippen molar-refractivity contribution in [3.8, 4) is 16.9 Å². The number of halogens is 2. The number of hydrogen-bond acceptors (Lipinski definition) is 5. The van der Waals surface area contributed by atoms with Gasteiger partial charge in [0.25, 0.3) is 0 Å². The second kappa shape index (κ2) is 13.0. The summed E-state index contributed by atoms with van der Waals surface area (Å²) in [5.74, 6) is -1.15. The van der Waals surface area contributed by atoms with E-state index in [9.17, 15) is 13.6 Å². The second-order valence-electron chi connectivity index (χ2n) is 9.50. The molecule has 5 rings (SSSR count). The summed E-state index contributed by atoms with van der Waals surface area (Å²) < 4.78 is 34.4. The molecule has 40 heavy (non-hydrogen) atoms. The number of urea groups is 1. The van der Waals surface area contributed by atoms with Crippen LogP contribution in [-0.2, 0) is 13.0 Å². The first-order valence-electron chi connectivity index (χ1n) is 13.3. The van der Waals surface area contributed by atoms with E-state index < -0.39 is 11.6 Å². The lowest BCUT2D eigenvalue weighted by Crippen LogP contribution is -2.43. The number of amides is 2. The van der Waals surface area contributed by atoms with Crippen molar-refractivity contribution in [3.05, 3.63) is 108 Å². The van der Waals surface area contributed by atoms with Crippen molar-refractivity contribution in [2.75, 3.05) is 43.0 Å². The summed E-state index contributed by atoms with van der Waals surface area (Å²) in [4.78, 5) is 18.5. The number of nitrogens with zero attached hydrogens (tertiary/aromatic N) is 2. The molecule has 0 radical (unpaired) electrons. The van der Waals surface area contributed by atoms with Gasteiger partial charge in [0, 0.05) is 62.9 Å². The van der Waals surface area contributed by atoms with Crippen LogP contribution in [0.4, 0.5) is 25.0 Å². The third kappa shape index (κ3) is 7.12. The number of nitrogens with one attached hydrogen (secondary N) is 3. The van der Waals surface area contributed by atoms with Gasteiger partial charge in [-0.1, -0.05) is 18.2 Å². The molecule has 3 N–H and O–H groups in total. The maximum Gasteiger partial charge on any atom is 0.319 e. The highest BCUT2D eigenvalue weighted by molar-refractivity contribution is 5.89. The highest BCUT2D eigenvalue weighted by atomic mass is 19.2. The average molecular weight is 544 g/mol. The molecule has 4 aromatic rings. The average Bonchev–Trinajstić information content (AvgIpc) is 3.00. The molecule has 9 heteroatoms. The number of ether oxygens (including phenoxy) is 1. The van der Waals surface area contributed by atoms with Gasteiger partial charge in [-0.2, -0.15) is 0 Å². The van der Waals surface area contributed by atoms with Gasteiger partial charge in [-0.3, -0.25) is 4.98 Å². The minimum Gasteiger partial charge on any atom is -0.493 e. The molecule has 1 fully saturated rings. The van der Waals surface area contributed by atoms with Crippen molar-refractivity contribution < 1.29 is 18.3 Å². The van der Waals surface area contributed by atoms with E-state index in [1.165, 1.54) is 12.1 Å². The van der Waals surface area contributed by atoms with Crippen LogP contribution in [0.1, 0.15) is 11.1 Å². The van der Waals surface area contributed by atoms with Crippen LogP contribution in [0.2, 0.25) is 0 Å². The van der Waals surface area contributed by atoms with Crippen LogP contribution >= 0.6 is 0 Å². The Balaban J connectivity index is 1.19. The van der Waals surface area contributed by atoms with E-state index in [-0.39, 0.29) is 12.6 Å². The summed E-state index contributed by atoms with van der Waals surface area (Å²) >= 11 is 0. The minimum atomic E-state index is -0.880. The quantitative estimate of drug-likeness (QED) is 0.264. The van der Waals surface area contributed by atoms with Crippen molar-refractivity contribution in [1.82, 2.24) is 15.6 Å². The number of carbonyl (C=O) groups excluding carboxylic acids is 1. The first-order chi connectivity index (χ1) is 19.5. The zero-order valence-corrected chi connectivity index (χ0v) is 22.0. The van der Waals surface area contributed by atoms with Gasteiger partial charge in [-0.25, -0.2) is 13.6 Å². The number of benzene rings is 3. The summed E-state index contributed by atoms with van der Waals surface area (Å²) in [5.41, 5.74) is 4.73. The van der Waals surface area contributed by atoms with Gasteiger partial charge in [-0.15, -0.1) is 0 Å². The van der Waals surface area contributed by atoms with Crippen molar-refractivity contribution in [3.63, 3.8) is 0 Å². The molecule has 0 spiro atoms.